The number of benzene rings is 2. The maximum atomic E-state index is 12.4. The lowest BCUT2D eigenvalue weighted by atomic mass is 10.0. The third-order valence-electron chi connectivity index (χ3n) is 5.14. The van der Waals surface area contributed by atoms with Gasteiger partial charge in [0.2, 0.25) is 10.0 Å². The van der Waals surface area contributed by atoms with Crippen molar-refractivity contribution in [1.29, 1.82) is 0 Å². The average molecular weight is 471 g/mol. The SMILES string of the molecule is CC1(C)Cc2cccc(OCCNC(=O)c3ccc(S(=O)(=O)NCc4ccco4)cc3)c2O1. The van der Waals surface area contributed by atoms with Crippen molar-refractivity contribution < 1.29 is 27.1 Å². The Morgan fingerprint density at radius 2 is 1.88 bits per heavy atom. The third kappa shape index (κ3) is 5.55. The zero-order valence-corrected chi connectivity index (χ0v) is 19.3. The molecule has 0 unspecified atom stereocenters. The highest BCUT2D eigenvalue weighted by molar-refractivity contribution is 7.89. The van der Waals surface area contributed by atoms with Crippen LogP contribution < -0.4 is 19.5 Å². The molecule has 0 bridgehead atoms. The summed E-state index contributed by atoms with van der Waals surface area (Å²) in [5, 5.41) is 2.77. The maximum Gasteiger partial charge on any atom is 0.251 e. The van der Waals surface area contributed by atoms with Crippen molar-refractivity contribution in [3.63, 3.8) is 0 Å². The van der Waals surface area contributed by atoms with Gasteiger partial charge in [-0.3, -0.25) is 4.79 Å². The molecule has 4 rings (SSSR count). The molecule has 0 fully saturated rings. The van der Waals surface area contributed by atoms with Gasteiger partial charge in [0.05, 0.1) is 24.2 Å². The van der Waals surface area contributed by atoms with Gasteiger partial charge >= 0.3 is 0 Å². The van der Waals surface area contributed by atoms with Crippen LogP contribution in [0.5, 0.6) is 11.5 Å². The predicted molar refractivity (Wildman–Crippen MR) is 122 cm³/mol. The number of carbonyl (C=O) groups excluding carboxylic acids is 1. The number of nitrogens with one attached hydrogen (secondary N) is 2. The predicted octanol–water partition coefficient (Wildman–Crippen LogP) is 3.28. The van der Waals surface area contributed by atoms with Crippen molar-refractivity contribution in [3.05, 3.63) is 77.7 Å². The molecular weight excluding hydrogens is 444 g/mol. The van der Waals surface area contributed by atoms with Gasteiger partial charge in [-0.1, -0.05) is 12.1 Å². The van der Waals surface area contributed by atoms with Crippen LogP contribution in [-0.4, -0.2) is 33.1 Å². The van der Waals surface area contributed by atoms with Crippen LogP contribution in [0.3, 0.4) is 0 Å². The smallest absolute Gasteiger partial charge is 0.251 e. The first-order chi connectivity index (χ1) is 15.7. The van der Waals surface area contributed by atoms with Gasteiger partial charge in [0.1, 0.15) is 18.0 Å². The standard InChI is InChI=1S/C24H26N2O6S/c1-24(2)15-18-5-3-7-21(22(18)32-24)31-14-12-25-23(27)17-8-10-20(11-9-17)33(28,29)26-16-19-6-4-13-30-19/h3-11,13,26H,12,14-16H2,1-2H3,(H,25,27). The highest BCUT2D eigenvalue weighted by atomic mass is 32.2. The van der Waals surface area contributed by atoms with Gasteiger partial charge < -0.3 is 19.2 Å². The number of hydrogen-bond acceptors (Lipinski definition) is 6. The molecular formula is C24H26N2O6S. The van der Waals surface area contributed by atoms with E-state index in [9.17, 15) is 13.2 Å². The number of ether oxygens (including phenoxy) is 2. The molecule has 174 valence electrons. The number of furan rings is 1. The van der Waals surface area contributed by atoms with E-state index in [0.717, 1.165) is 17.7 Å². The highest BCUT2D eigenvalue weighted by Gasteiger charge is 2.32. The minimum Gasteiger partial charge on any atom is -0.488 e. The van der Waals surface area contributed by atoms with Gasteiger partial charge in [0.15, 0.2) is 11.5 Å². The molecule has 33 heavy (non-hydrogen) atoms. The van der Waals surface area contributed by atoms with E-state index < -0.39 is 10.0 Å². The Balaban J connectivity index is 1.27. The third-order valence-corrected chi connectivity index (χ3v) is 6.56. The second-order valence-electron chi connectivity index (χ2n) is 8.32. The Bertz CT molecular complexity index is 1220. The van der Waals surface area contributed by atoms with Gasteiger partial charge in [-0.2, -0.15) is 0 Å². The molecule has 0 saturated carbocycles. The normalized spacial score (nSPS) is 14.4. The van der Waals surface area contributed by atoms with Crippen LogP contribution in [0.25, 0.3) is 0 Å². The number of hydrogen-bond donors (Lipinski definition) is 2. The Morgan fingerprint density at radius 1 is 1.09 bits per heavy atom. The van der Waals surface area contributed by atoms with E-state index in [1.165, 1.54) is 30.5 Å². The molecule has 1 amide bonds. The summed E-state index contributed by atoms with van der Waals surface area (Å²) in [7, 11) is -3.72. The topological polar surface area (TPSA) is 107 Å². The number of sulfonamides is 1. The molecule has 2 N–H and O–H groups in total. The fourth-order valence-corrected chi connectivity index (χ4v) is 4.57. The fraction of sp³-hybridized carbons (Fsp3) is 0.292. The summed E-state index contributed by atoms with van der Waals surface area (Å²) in [6.07, 6.45) is 2.29. The van der Waals surface area contributed by atoms with E-state index in [1.807, 2.05) is 32.0 Å². The molecule has 9 heteroatoms. The number of carbonyl (C=O) groups is 1. The van der Waals surface area contributed by atoms with E-state index in [4.69, 9.17) is 13.9 Å². The van der Waals surface area contributed by atoms with Crippen molar-refractivity contribution in [2.45, 2.75) is 37.3 Å². The zero-order chi connectivity index (χ0) is 23.5. The zero-order valence-electron chi connectivity index (χ0n) is 18.5. The van der Waals surface area contributed by atoms with Crippen LogP contribution in [-0.2, 0) is 23.0 Å². The molecule has 2 heterocycles. The van der Waals surface area contributed by atoms with Crippen molar-refractivity contribution in [3.8, 4) is 11.5 Å². The Hall–Kier alpha value is -3.30. The van der Waals surface area contributed by atoms with Gasteiger partial charge in [0, 0.05) is 17.5 Å². The number of rotatable bonds is 9. The van der Waals surface area contributed by atoms with Crippen LogP contribution in [0.1, 0.15) is 35.5 Å². The van der Waals surface area contributed by atoms with Crippen molar-refractivity contribution in [2.75, 3.05) is 13.2 Å². The summed E-state index contributed by atoms with van der Waals surface area (Å²) in [6, 6.07) is 14.9. The number of fused-ring (bicyclic) bond motifs is 1. The number of para-hydroxylation sites is 1. The fourth-order valence-electron chi connectivity index (χ4n) is 3.58. The largest absolute Gasteiger partial charge is 0.488 e. The lowest BCUT2D eigenvalue weighted by molar-refractivity contribution is 0.0946. The lowest BCUT2D eigenvalue weighted by Crippen LogP contribution is -2.28. The molecule has 1 aliphatic rings. The highest BCUT2D eigenvalue weighted by Crippen LogP contribution is 2.41. The van der Waals surface area contributed by atoms with Crippen molar-refractivity contribution >= 4 is 15.9 Å². The summed E-state index contributed by atoms with van der Waals surface area (Å²) >= 11 is 0. The second-order valence-corrected chi connectivity index (χ2v) is 10.1. The van der Waals surface area contributed by atoms with E-state index >= 15 is 0 Å². The Labute approximate surface area is 193 Å². The molecule has 1 aliphatic heterocycles. The lowest BCUT2D eigenvalue weighted by Gasteiger charge is -2.18. The summed E-state index contributed by atoms with van der Waals surface area (Å²) in [5.41, 5.74) is 1.20. The van der Waals surface area contributed by atoms with E-state index in [2.05, 4.69) is 10.0 Å². The van der Waals surface area contributed by atoms with Crippen molar-refractivity contribution in [2.24, 2.45) is 0 Å². The van der Waals surface area contributed by atoms with Gasteiger partial charge in [-0.15, -0.1) is 0 Å². The average Bonchev–Trinajstić information content (AvgIpc) is 3.41. The summed E-state index contributed by atoms with van der Waals surface area (Å²) in [6.45, 7) is 4.67. The van der Waals surface area contributed by atoms with Crippen molar-refractivity contribution in [1.82, 2.24) is 10.0 Å². The molecule has 1 aromatic heterocycles. The minimum absolute atomic E-state index is 0.0464. The minimum atomic E-state index is -3.72. The Morgan fingerprint density at radius 3 is 2.61 bits per heavy atom. The second kappa shape index (κ2) is 9.29. The van der Waals surface area contributed by atoms with Crippen LogP contribution in [0, 0.1) is 0 Å². The van der Waals surface area contributed by atoms with E-state index in [0.29, 0.717) is 17.1 Å². The Kier molecular flexibility index (Phi) is 6.44. The molecule has 8 nitrogen and oxygen atoms in total. The summed E-state index contributed by atoms with van der Waals surface area (Å²) in [5.74, 6) is 1.60. The maximum absolute atomic E-state index is 12.4. The first kappa shape index (κ1) is 22.9. The molecule has 0 radical (unpaired) electrons. The van der Waals surface area contributed by atoms with E-state index in [-0.39, 0.29) is 36.1 Å². The molecule has 0 saturated heterocycles. The van der Waals surface area contributed by atoms with Crippen LogP contribution in [0.4, 0.5) is 0 Å². The molecule has 0 spiro atoms. The summed E-state index contributed by atoms with van der Waals surface area (Å²) < 4.78 is 44.2. The monoisotopic (exact) mass is 470 g/mol. The number of amides is 1. The van der Waals surface area contributed by atoms with E-state index in [1.54, 1.807) is 12.1 Å². The molecule has 0 atom stereocenters. The van der Waals surface area contributed by atoms with Gasteiger partial charge in [-0.05, 0) is 56.3 Å². The summed E-state index contributed by atoms with van der Waals surface area (Å²) in [4.78, 5) is 12.5. The first-order valence-electron chi connectivity index (χ1n) is 10.6. The molecule has 0 aliphatic carbocycles. The molecule has 3 aromatic rings. The van der Waals surface area contributed by atoms with Gasteiger partial charge in [0.25, 0.3) is 5.91 Å². The first-order valence-corrected chi connectivity index (χ1v) is 12.1. The van der Waals surface area contributed by atoms with Crippen LogP contribution >= 0.6 is 0 Å². The van der Waals surface area contributed by atoms with Crippen LogP contribution in [0.15, 0.2) is 70.2 Å². The molecule has 2 aromatic carbocycles. The quantitative estimate of drug-likeness (QED) is 0.465. The van der Waals surface area contributed by atoms with Crippen LogP contribution in [0.2, 0.25) is 0 Å². The van der Waals surface area contributed by atoms with Gasteiger partial charge in [-0.25, -0.2) is 13.1 Å².